The average molecular weight is 439 g/mol. The Labute approximate surface area is 186 Å². The van der Waals surface area contributed by atoms with Gasteiger partial charge in [0.05, 0.1) is 0 Å². The van der Waals surface area contributed by atoms with Crippen LogP contribution in [0, 0.1) is 5.41 Å². The van der Waals surface area contributed by atoms with Crippen LogP contribution < -0.4 is 5.73 Å². The lowest BCUT2D eigenvalue weighted by atomic mass is 10.0. The third-order valence-electron chi connectivity index (χ3n) is 6.20. The molecule has 0 saturated carbocycles. The largest absolute Gasteiger partial charge is 0.384 e. The third kappa shape index (κ3) is 4.38. The van der Waals surface area contributed by atoms with Gasteiger partial charge in [-0.1, -0.05) is 50.2 Å². The molecule has 0 atom stereocenters. The molecule has 1 fully saturated rings. The number of fused-ring (bicyclic) bond motifs is 1. The number of nitrogens with zero attached hydrogens (tertiary/aromatic N) is 2. The first kappa shape index (κ1) is 22.0. The maximum Gasteiger partial charge on any atom is 0.270 e. The van der Waals surface area contributed by atoms with Crippen molar-refractivity contribution in [1.82, 2.24) is 9.47 Å². The third-order valence-corrected chi connectivity index (χ3v) is 6.20. The Balaban J connectivity index is 1.74. The molecule has 2 heterocycles. The van der Waals surface area contributed by atoms with Crippen molar-refractivity contribution >= 4 is 22.6 Å². The van der Waals surface area contributed by atoms with Crippen molar-refractivity contribution in [2.45, 2.75) is 45.1 Å². The fraction of sp³-hybridized carbons (Fsp3) is 0.360. The molecule has 1 amide bonds. The number of carbonyl (C=O) groups is 1. The van der Waals surface area contributed by atoms with E-state index < -0.39 is 5.92 Å². The number of halogens is 2. The molecule has 3 aromatic rings. The van der Waals surface area contributed by atoms with E-state index in [0.717, 1.165) is 16.5 Å². The zero-order valence-electron chi connectivity index (χ0n) is 18.4. The summed E-state index contributed by atoms with van der Waals surface area (Å²) in [5.41, 5.74) is 9.77. The van der Waals surface area contributed by atoms with Crippen LogP contribution in [0.4, 0.5) is 8.78 Å². The second-order valence-electron chi connectivity index (χ2n) is 8.85. The van der Waals surface area contributed by atoms with Gasteiger partial charge in [0, 0.05) is 48.9 Å². The standard InChI is InChI=1S/C25H28F2N4O/c1-16(2)18-5-3-17(4-6-18)15-31-21-14-20(23(28)29)8-7-19(21)13-22(31)24(32)30-11-9-25(26,27)10-12-30/h3-8,13-14,16H,9-12,15H2,1-2H3,(H3,28,29). The molecule has 0 bridgehead atoms. The summed E-state index contributed by atoms with van der Waals surface area (Å²) < 4.78 is 29.1. The molecule has 0 aliphatic carbocycles. The molecule has 0 unspecified atom stereocenters. The molecule has 4 rings (SSSR count). The Bertz CT molecular complexity index is 1150. The number of rotatable bonds is 5. The fourth-order valence-corrected chi connectivity index (χ4v) is 4.16. The molecule has 1 aromatic heterocycles. The molecule has 32 heavy (non-hydrogen) atoms. The van der Waals surface area contributed by atoms with Crippen LogP contribution >= 0.6 is 0 Å². The number of benzene rings is 2. The Morgan fingerprint density at radius 2 is 1.75 bits per heavy atom. The molecule has 3 N–H and O–H groups in total. The van der Waals surface area contributed by atoms with Gasteiger partial charge in [0.1, 0.15) is 11.5 Å². The highest BCUT2D eigenvalue weighted by atomic mass is 19.3. The van der Waals surface area contributed by atoms with E-state index in [-0.39, 0.29) is 37.7 Å². The monoisotopic (exact) mass is 438 g/mol. The number of nitrogens with one attached hydrogen (secondary N) is 1. The second kappa shape index (κ2) is 8.37. The van der Waals surface area contributed by atoms with Gasteiger partial charge in [0.15, 0.2) is 0 Å². The van der Waals surface area contributed by atoms with Crippen LogP contribution in [-0.4, -0.2) is 40.2 Å². The summed E-state index contributed by atoms with van der Waals surface area (Å²) in [6.45, 7) is 4.80. The smallest absolute Gasteiger partial charge is 0.270 e. The fourth-order valence-electron chi connectivity index (χ4n) is 4.16. The van der Waals surface area contributed by atoms with Gasteiger partial charge in [-0.25, -0.2) is 8.78 Å². The minimum atomic E-state index is -2.71. The summed E-state index contributed by atoms with van der Waals surface area (Å²) in [4.78, 5) is 14.9. The lowest BCUT2D eigenvalue weighted by Gasteiger charge is -2.32. The number of hydrogen-bond acceptors (Lipinski definition) is 2. The predicted octanol–water partition coefficient (Wildman–Crippen LogP) is 4.97. The Morgan fingerprint density at radius 3 is 2.34 bits per heavy atom. The van der Waals surface area contributed by atoms with E-state index in [2.05, 4.69) is 26.0 Å². The quantitative estimate of drug-likeness (QED) is 0.436. The van der Waals surface area contributed by atoms with Gasteiger partial charge in [-0.3, -0.25) is 10.2 Å². The number of nitrogens with two attached hydrogens (primary N) is 1. The molecule has 5 nitrogen and oxygen atoms in total. The molecular formula is C25H28F2N4O. The topological polar surface area (TPSA) is 75.1 Å². The number of amidine groups is 1. The normalized spacial score (nSPS) is 16.0. The highest BCUT2D eigenvalue weighted by Gasteiger charge is 2.36. The number of nitrogen functional groups attached to an aromatic ring is 1. The van der Waals surface area contributed by atoms with Crippen LogP contribution in [0.3, 0.4) is 0 Å². The summed E-state index contributed by atoms with van der Waals surface area (Å²) >= 11 is 0. The number of carbonyl (C=O) groups excluding carboxylic acids is 1. The minimum Gasteiger partial charge on any atom is -0.384 e. The minimum absolute atomic E-state index is 0.0368. The molecule has 1 aliphatic heterocycles. The highest BCUT2D eigenvalue weighted by molar-refractivity contribution is 6.02. The molecule has 1 saturated heterocycles. The summed E-state index contributed by atoms with van der Waals surface area (Å²) in [7, 11) is 0. The van der Waals surface area contributed by atoms with E-state index in [9.17, 15) is 13.6 Å². The lowest BCUT2D eigenvalue weighted by molar-refractivity contribution is -0.0495. The molecule has 1 aliphatic rings. The van der Waals surface area contributed by atoms with Crippen molar-refractivity contribution in [3.63, 3.8) is 0 Å². The van der Waals surface area contributed by atoms with Crippen molar-refractivity contribution in [3.05, 3.63) is 70.9 Å². The van der Waals surface area contributed by atoms with Crippen LogP contribution in [0.2, 0.25) is 0 Å². The van der Waals surface area contributed by atoms with Crippen molar-refractivity contribution in [3.8, 4) is 0 Å². The van der Waals surface area contributed by atoms with Crippen LogP contribution in [0.1, 0.15) is 59.8 Å². The first-order valence-electron chi connectivity index (χ1n) is 10.9. The Hall–Kier alpha value is -3.22. The molecule has 7 heteroatoms. The van der Waals surface area contributed by atoms with Gasteiger partial charge in [-0.2, -0.15) is 0 Å². The van der Waals surface area contributed by atoms with E-state index in [1.165, 1.54) is 10.5 Å². The number of amides is 1. The molecular weight excluding hydrogens is 410 g/mol. The molecule has 168 valence electrons. The number of aromatic nitrogens is 1. The molecule has 2 aromatic carbocycles. The van der Waals surface area contributed by atoms with Crippen molar-refractivity contribution in [2.75, 3.05) is 13.1 Å². The van der Waals surface area contributed by atoms with Crippen LogP contribution in [-0.2, 0) is 6.54 Å². The van der Waals surface area contributed by atoms with E-state index in [1.54, 1.807) is 18.2 Å². The van der Waals surface area contributed by atoms with Crippen LogP contribution in [0.25, 0.3) is 10.9 Å². The summed E-state index contributed by atoms with van der Waals surface area (Å²) in [5, 5.41) is 8.62. The lowest BCUT2D eigenvalue weighted by Crippen LogP contribution is -2.43. The van der Waals surface area contributed by atoms with Gasteiger partial charge in [0.25, 0.3) is 11.8 Å². The van der Waals surface area contributed by atoms with Crippen LogP contribution in [0.5, 0.6) is 0 Å². The number of alkyl halides is 2. The highest BCUT2D eigenvalue weighted by Crippen LogP contribution is 2.30. The van der Waals surface area contributed by atoms with Gasteiger partial charge in [-0.15, -0.1) is 0 Å². The number of piperidine rings is 1. The SMILES string of the molecule is CC(C)c1ccc(Cn2c(C(=O)N3CCC(F)(F)CC3)cc3ccc(C(=N)N)cc32)cc1. The van der Waals surface area contributed by atoms with E-state index in [4.69, 9.17) is 11.1 Å². The van der Waals surface area contributed by atoms with Crippen LogP contribution in [0.15, 0.2) is 48.5 Å². The predicted molar refractivity (Wildman–Crippen MR) is 123 cm³/mol. The summed E-state index contributed by atoms with van der Waals surface area (Å²) in [6.07, 6.45) is -0.631. The van der Waals surface area contributed by atoms with Gasteiger partial charge in [-0.05, 0) is 29.2 Å². The maximum atomic E-state index is 13.6. The first-order chi connectivity index (χ1) is 15.1. The zero-order chi connectivity index (χ0) is 23.0. The van der Waals surface area contributed by atoms with Gasteiger partial charge < -0.3 is 15.2 Å². The molecule has 0 radical (unpaired) electrons. The second-order valence-corrected chi connectivity index (χ2v) is 8.85. The number of hydrogen-bond donors (Lipinski definition) is 2. The van der Waals surface area contributed by atoms with Gasteiger partial charge in [0.2, 0.25) is 0 Å². The zero-order valence-corrected chi connectivity index (χ0v) is 18.4. The summed E-state index contributed by atoms with van der Waals surface area (Å²) in [6, 6.07) is 15.5. The van der Waals surface area contributed by atoms with E-state index >= 15 is 0 Å². The van der Waals surface area contributed by atoms with E-state index in [0.29, 0.717) is 23.7 Å². The average Bonchev–Trinajstić information content (AvgIpc) is 3.11. The first-order valence-corrected chi connectivity index (χ1v) is 10.9. The Morgan fingerprint density at radius 1 is 1.09 bits per heavy atom. The Kier molecular flexibility index (Phi) is 5.75. The number of likely N-dealkylation sites (tertiary alicyclic amines) is 1. The van der Waals surface area contributed by atoms with Crippen molar-refractivity contribution in [2.24, 2.45) is 5.73 Å². The van der Waals surface area contributed by atoms with Crippen molar-refractivity contribution < 1.29 is 13.6 Å². The summed E-state index contributed by atoms with van der Waals surface area (Å²) in [5.74, 6) is -2.59. The molecule has 0 spiro atoms. The van der Waals surface area contributed by atoms with Crippen molar-refractivity contribution in [1.29, 1.82) is 5.41 Å². The van der Waals surface area contributed by atoms with Gasteiger partial charge >= 0.3 is 0 Å². The van der Waals surface area contributed by atoms with E-state index in [1.807, 2.05) is 22.8 Å². The maximum absolute atomic E-state index is 13.6.